The summed E-state index contributed by atoms with van der Waals surface area (Å²) in [4.78, 5) is 0. The average Bonchev–Trinajstić information content (AvgIpc) is 2.19. The van der Waals surface area contributed by atoms with Crippen LogP contribution in [0.3, 0.4) is 0 Å². The van der Waals surface area contributed by atoms with E-state index in [1.54, 1.807) is 0 Å². The van der Waals surface area contributed by atoms with Gasteiger partial charge in [0.2, 0.25) is 0 Å². The summed E-state index contributed by atoms with van der Waals surface area (Å²) >= 11 is 0. The van der Waals surface area contributed by atoms with Crippen molar-refractivity contribution in [1.29, 1.82) is 0 Å². The smallest absolute Gasteiger partial charge is 0.0472 e. The fourth-order valence-corrected chi connectivity index (χ4v) is 2.82. The highest BCUT2D eigenvalue weighted by Crippen LogP contribution is 2.47. The van der Waals surface area contributed by atoms with Gasteiger partial charge in [-0.1, -0.05) is 6.92 Å². The number of rotatable bonds is 2. The molecule has 2 aliphatic rings. The second-order valence-electron chi connectivity index (χ2n) is 4.30. The van der Waals surface area contributed by atoms with Gasteiger partial charge < -0.3 is 15.8 Å². The van der Waals surface area contributed by atoms with Gasteiger partial charge in [0.25, 0.3) is 0 Å². The molecule has 3 N–H and O–H groups in total. The first-order chi connectivity index (χ1) is 6.29. The molecule has 2 rings (SSSR count). The standard InChI is InChI=1S/C10H20N2O/c1-2-12-9-7-8(11)10(9)3-5-13-6-4-10/h8-9,12H,2-7,11H2,1H3. The second kappa shape index (κ2) is 3.56. The SMILES string of the molecule is CCNC1CC(N)C12CCOCC2. The summed E-state index contributed by atoms with van der Waals surface area (Å²) in [5.74, 6) is 0. The van der Waals surface area contributed by atoms with E-state index < -0.39 is 0 Å². The van der Waals surface area contributed by atoms with Crippen molar-refractivity contribution < 1.29 is 4.74 Å². The summed E-state index contributed by atoms with van der Waals surface area (Å²) in [7, 11) is 0. The molecule has 1 heterocycles. The lowest BCUT2D eigenvalue weighted by atomic mass is 9.56. The average molecular weight is 184 g/mol. The number of ether oxygens (including phenoxy) is 1. The van der Waals surface area contributed by atoms with Crippen LogP contribution in [0.25, 0.3) is 0 Å². The summed E-state index contributed by atoms with van der Waals surface area (Å²) in [6, 6.07) is 1.05. The highest BCUT2D eigenvalue weighted by molar-refractivity contribution is 5.09. The third-order valence-electron chi connectivity index (χ3n) is 3.80. The van der Waals surface area contributed by atoms with Crippen LogP contribution in [0.15, 0.2) is 0 Å². The first-order valence-corrected chi connectivity index (χ1v) is 5.36. The molecule has 1 aliphatic carbocycles. The monoisotopic (exact) mass is 184 g/mol. The van der Waals surface area contributed by atoms with Gasteiger partial charge in [0.05, 0.1) is 0 Å². The van der Waals surface area contributed by atoms with Gasteiger partial charge in [0, 0.05) is 30.7 Å². The van der Waals surface area contributed by atoms with E-state index in [-0.39, 0.29) is 0 Å². The summed E-state index contributed by atoms with van der Waals surface area (Å²) in [5.41, 5.74) is 6.48. The van der Waals surface area contributed by atoms with Crippen LogP contribution >= 0.6 is 0 Å². The van der Waals surface area contributed by atoms with Crippen molar-refractivity contribution in [1.82, 2.24) is 5.32 Å². The minimum atomic E-state index is 0.369. The van der Waals surface area contributed by atoms with Gasteiger partial charge in [-0.05, 0) is 25.8 Å². The number of hydrogen-bond donors (Lipinski definition) is 2. The molecule has 0 aromatic heterocycles. The first kappa shape index (κ1) is 9.44. The Hall–Kier alpha value is -0.120. The highest BCUT2D eigenvalue weighted by Gasteiger charge is 2.53. The highest BCUT2D eigenvalue weighted by atomic mass is 16.5. The van der Waals surface area contributed by atoms with Gasteiger partial charge in [-0.3, -0.25) is 0 Å². The van der Waals surface area contributed by atoms with Crippen LogP contribution in [-0.2, 0) is 4.74 Å². The van der Waals surface area contributed by atoms with Crippen molar-refractivity contribution in [3.63, 3.8) is 0 Å². The minimum absolute atomic E-state index is 0.369. The van der Waals surface area contributed by atoms with Gasteiger partial charge in [-0.25, -0.2) is 0 Å². The van der Waals surface area contributed by atoms with E-state index >= 15 is 0 Å². The van der Waals surface area contributed by atoms with Crippen molar-refractivity contribution in [3.05, 3.63) is 0 Å². The van der Waals surface area contributed by atoms with Crippen molar-refractivity contribution in [3.8, 4) is 0 Å². The van der Waals surface area contributed by atoms with E-state index in [1.807, 2.05) is 0 Å². The Bertz CT molecular complexity index is 176. The minimum Gasteiger partial charge on any atom is -0.381 e. The molecule has 0 aromatic carbocycles. The maximum absolute atomic E-state index is 6.11. The van der Waals surface area contributed by atoms with Gasteiger partial charge >= 0.3 is 0 Å². The maximum Gasteiger partial charge on any atom is 0.0472 e. The largest absolute Gasteiger partial charge is 0.381 e. The van der Waals surface area contributed by atoms with Gasteiger partial charge in [0.1, 0.15) is 0 Å². The number of hydrogen-bond acceptors (Lipinski definition) is 3. The molecule has 2 atom stereocenters. The molecule has 13 heavy (non-hydrogen) atoms. The predicted molar refractivity (Wildman–Crippen MR) is 52.5 cm³/mol. The summed E-state index contributed by atoms with van der Waals surface area (Å²) in [6.07, 6.45) is 3.44. The second-order valence-corrected chi connectivity index (χ2v) is 4.30. The lowest BCUT2D eigenvalue weighted by molar-refractivity contribution is -0.0702. The molecule has 1 saturated carbocycles. The van der Waals surface area contributed by atoms with E-state index in [0.717, 1.165) is 39.0 Å². The Labute approximate surface area is 80.0 Å². The van der Waals surface area contributed by atoms with Crippen LogP contribution in [0, 0.1) is 5.41 Å². The van der Waals surface area contributed by atoms with E-state index in [0.29, 0.717) is 17.5 Å². The predicted octanol–water partition coefficient (Wildman–Crippen LogP) is 0.492. The fourth-order valence-electron chi connectivity index (χ4n) is 2.82. The molecule has 0 radical (unpaired) electrons. The molecular formula is C10H20N2O. The van der Waals surface area contributed by atoms with E-state index in [9.17, 15) is 0 Å². The van der Waals surface area contributed by atoms with Crippen LogP contribution in [0.5, 0.6) is 0 Å². The van der Waals surface area contributed by atoms with Gasteiger partial charge in [-0.15, -0.1) is 0 Å². The van der Waals surface area contributed by atoms with E-state index in [1.165, 1.54) is 0 Å². The Morgan fingerprint density at radius 1 is 1.46 bits per heavy atom. The van der Waals surface area contributed by atoms with Crippen LogP contribution in [0.4, 0.5) is 0 Å². The lowest BCUT2D eigenvalue weighted by Gasteiger charge is -2.56. The Balaban J connectivity index is 1.99. The van der Waals surface area contributed by atoms with Gasteiger partial charge in [0.15, 0.2) is 0 Å². The quantitative estimate of drug-likeness (QED) is 0.656. The zero-order valence-corrected chi connectivity index (χ0v) is 8.38. The lowest BCUT2D eigenvalue weighted by Crippen LogP contribution is -2.67. The van der Waals surface area contributed by atoms with Crippen molar-refractivity contribution in [2.75, 3.05) is 19.8 Å². The molecule has 0 bridgehead atoms. The van der Waals surface area contributed by atoms with E-state index in [2.05, 4.69) is 12.2 Å². The molecule has 76 valence electrons. The van der Waals surface area contributed by atoms with Gasteiger partial charge in [-0.2, -0.15) is 0 Å². The molecular weight excluding hydrogens is 164 g/mol. The number of nitrogens with one attached hydrogen (secondary N) is 1. The van der Waals surface area contributed by atoms with Crippen LogP contribution in [0.1, 0.15) is 26.2 Å². The maximum atomic E-state index is 6.11. The van der Waals surface area contributed by atoms with Crippen LogP contribution in [-0.4, -0.2) is 31.8 Å². The first-order valence-electron chi connectivity index (χ1n) is 5.36. The van der Waals surface area contributed by atoms with Crippen molar-refractivity contribution in [2.24, 2.45) is 11.1 Å². The molecule has 3 heteroatoms. The topological polar surface area (TPSA) is 47.3 Å². The summed E-state index contributed by atoms with van der Waals surface area (Å²) in [5, 5.41) is 3.54. The van der Waals surface area contributed by atoms with Crippen LogP contribution < -0.4 is 11.1 Å². The molecule has 1 saturated heterocycles. The Morgan fingerprint density at radius 3 is 2.69 bits per heavy atom. The molecule has 0 amide bonds. The third kappa shape index (κ3) is 1.39. The molecule has 2 unspecified atom stereocenters. The van der Waals surface area contributed by atoms with Crippen LogP contribution in [0.2, 0.25) is 0 Å². The Morgan fingerprint density at radius 2 is 2.15 bits per heavy atom. The number of nitrogens with two attached hydrogens (primary N) is 1. The zero-order valence-electron chi connectivity index (χ0n) is 8.38. The third-order valence-corrected chi connectivity index (χ3v) is 3.80. The molecule has 1 aliphatic heterocycles. The summed E-state index contributed by atoms with van der Waals surface area (Å²) in [6.45, 7) is 5.02. The molecule has 1 spiro atoms. The molecule has 0 aromatic rings. The normalized spacial score (nSPS) is 37.4. The fraction of sp³-hybridized carbons (Fsp3) is 1.00. The van der Waals surface area contributed by atoms with Crippen molar-refractivity contribution >= 4 is 0 Å². The zero-order chi connectivity index (χ0) is 9.31. The van der Waals surface area contributed by atoms with Crippen molar-refractivity contribution in [2.45, 2.75) is 38.3 Å². The molecule has 2 fully saturated rings. The summed E-state index contributed by atoms with van der Waals surface area (Å²) < 4.78 is 5.39. The molecule has 3 nitrogen and oxygen atoms in total. The van der Waals surface area contributed by atoms with E-state index in [4.69, 9.17) is 10.5 Å². The Kier molecular flexibility index (Phi) is 2.58.